The van der Waals surface area contributed by atoms with Gasteiger partial charge in [-0.05, 0) is 19.5 Å². The Morgan fingerprint density at radius 1 is 1.31 bits per heavy atom. The zero-order valence-corrected chi connectivity index (χ0v) is 8.93. The summed E-state index contributed by atoms with van der Waals surface area (Å²) in [6.07, 6.45) is 0.360. The first-order valence-corrected chi connectivity index (χ1v) is 6.88. The van der Waals surface area contributed by atoms with Crippen molar-refractivity contribution in [3.05, 3.63) is 0 Å². The van der Waals surface area contributed by atoms with Crippen LogP contribution >= 0.6 is 0 Å². The third-order valence-corrected chi connectivity index (χ3v) is 1.59. The molecular weight excluding hydrogens is 192 g/mol. The summed E-state index contributed by atoms with van der Waals surface area (Å²) in [5.74, 6) is -1.41. The van der Waals surface area contributed by atoms with Crippen LogP contribution in [-0.2, 0) is 19.1 Å². The van der Waals surface area contributed by atoms with Crippen molar-refractivity contribution in [3.63, 3.8) is 0 Å². The normalized spacial score (nSPS) is 10.1. The molecule has 0 aromatic carbocycles. The van der Waals surface area contributed by atoms with Crippen molar-refractivity contribution in [1.29, 1.82) is 0 Å². The second kappa shape index (κ2) is 6.61. The Kier molecular flexibility index (Phi) is 6.16. The van der Waals surface area contributed by atoms with E-state index >= 15 is 0 Å². The van der Waals surface area contributed by atoms with Crippen molar-refractivity contribution in [1.82, 2.24) is 0 Å². The zero-order valence-electron chi connectivity index (χ0n) is 7.78. The second-order valence-electron chi connectivity index (χ2n) is 2.85. The van der Waals surface area contributed by atoms with Gasteiger partial charge >= 0.3 is 11.9 Å². The minimum atomic E-state index is -1.34. The Bertz CT molecular complexity index is 180. The largest absolute Gasteiger partial charge is 0.481 e. The highest BCUT2D eigenvalue weighted by Gasteiger charge is 2.07. The molecule has 1 N–H and O–H groups in total. The Morgan fingerprint density at radius 2 is 1.92 bits per heavy atom. The third-order valence-electron chi connectivity index (χ3n) is 1.11. The minimum absolute atomic E-state index is 0.0196. The first-order valence-electron chi connectivity index (χ1n) is 4.10. The van der Waals surface area contributed by atoms with Crippen LogP contribution in [0.3, 0.4) is 0 Å². The molecule has 0 bridgehead atoms. The van der Waals surface area contributed by atoms with E-state index in [0.717, 1.165) is 0 Å². The Labute approximate surface area is 78.3 Å². The van der Waals surface area contributed by atoms with E-state index in [9.17, 15) is 9.59 Å². The molecule has 0 radical (unpaired) electrons. The van der Waals surface area contributed by atoms with E-state index in [1.807, 2.05) is 13.1 Å². The van der Waals surface area contributed by atoms with Crippen LogP contribution in [0.2, 0.25) is 13.1 Å². The minimum Gasteiger partial charge on any atom is -0.481 e. The van der Waals surface area contributed by atoms with Crippen molar-refractivity contribution >= 4 is 21.0 Å². The number of hydrogen-bond acceptors (Lipinski definition) is 4. The third kappa shape index (κ3) is 9.03. The van der Waals surface area contributed by atoms with Crippen LogP contribution in [0.15, 0.2) is 0 Å². The first kappa shape index (κ1) is 12.1. The molecule has 76 valence electrons. The molecule has 0 aliphatic carbocycles. The summed E-state index contributed by atoms with van der Waals surface area (Å²) in [5.41, 5.74) is 0. The number of aliphatic carboxylic acids is 1. The molecule has 13 heavy (non-hydrogen) atoms. The molecule has 0 saturated heterocycles. The first-order chi connectivity index (χ1) is 6.02. The lowest BCUT2D eigenvalue weighted by Gasteiger charge is -2.04. The average molecular weight is 206 g/mol. The number of carbonyl (C=O) groups excluding carboxylic acids is 1. The summed E-state index contributed by atoms with van der Waals surface area (Å²) in [7, 11) is -1.34. The highest BCUT2D eigenvalue weighted by Crippen LogP contribution is 1.98. The van der Waals surface area contributed by atoms with Crippen LogP contribution in [0.25, 0.3) is 0 Å². The maximum absolute atomic E-state index is 10.8. The summed E-state index contributed by atoms with van der Waals surface area (Å²) in [6, 6.07) is 0. The summed E-state index contributed by atoms with van der Waals surface area (Å²) in [4.78, 5) is 25.3. The van der Waals surface area contributed by atoms with Crippen molar-refractivity contribution in [2.24, 2.45) is 0 Å². The molecule has 0 amide bonds. The number of carboxylic acid groups (broad SMARTS) is 1. The SMILES string of the molecule is C[SiH](C)OOC(=O)CCCC(=O)O. The molecule has 0 saturated carbocycles. The Morgan fingerprint density at radius 3 is 2.38 bits per heavy atom. The lowest BCUT2D eigenvalue weighted by Crippen LogP contribution is -2.13. The summed E-state index contributed by atoms with van der Waals surface area (Å²) < 4.78 is 4.70. The lowest BCUT2D eigenvalue weighted by atomic mass is 10.2. The van der Waals surface area contributed by atoms with Crippen LogP contribution in [0.1, 0.15) is 19.3 Å². The highest BCUT2D eigenvalue weighted by atomic mass is 28.3. The van der Waals surface area contributed by atoms with E-state index in [4.69, 9.17) is 9.68 Å². The van der Waals surface area contributed by atoms with Gasteiger partial charge in [0.05, 0.1) is 0 Å². The molecule has 5 nitrogen and oxygen atoms in total. The number of rotatable bonds is 6. The molecule has 0 aliphatic rings. The molecule has 0 unspecified atom stereocenters. The summed E-state index contributed by atoms with van der Waals surface area (Å²) >= 11 is 0. The van der Waals surface area contributed by atoms with E-state index in [1.54, 1.807) is 0 Å². The Hall–Kier alpha value is -0.883. The van der Waals surface area contributed by atoms with Crippen LogP contribution in [0.4, 0.5) is 0 Å². The van der Waals surface area contributed by atoms with E-state index < -0.39 is 21.0 Å². The zero-order chi connectivity index (χ0) is 10.3. The van der Waals surface area contributed by atoms with Crippen molar-refractivity contribution in [3.8, 4) is 0 Å². The van der Waals surface area contributed by atoms with Gasteiger partial charge in [-0.1, -0.05) is 0 Å². The van der Waals surface area contributed by atoms with Crippen LogP contribution in [0, 0.1) is 0 Å². The van der Waals surface area contributed by atoms with Gasteiger partial charge in [0.25, 0.3) is 0 Å². The summed E-state index contributed by atoms with van der Waals surface area (Å²) in [5, 5.41) is 8.27. The lowest BCUT2D eigenvalue weighted by molar-refractivity contribution is -0.216. The highest BCUT2D eigenvalue weighted by molar-refractivity contribution is 6.48. The fourth-order valence-electron chi connectivity index (χ4n) is 0.576. The number of hydrogen-bond donors (Lipinski definition) is 1. The monoisotopic (exact) mass is 206 g/mol. The quantitative estimate of drug-likeness (QED) is 0.393. The van der Waals surface area contributed by atoms with Gasteiger partial charge in [0, 0.05) is 12.8 Å². The van der Waals surface area contributed by atoms with Gasteiger partial charge in [0.1, 0.15) is 0 Å². The van der Waals surface area contributed by atoms with Crippen LogP contribution in [-0.4, -0.2) is 26.1 Å². The average Bonchev–Trinajstić information content (AvgIpc) is 2.00. The maximum Gasteiger partial charge on any atom is 0.340 e. The summed E-state index contributed by atoms with van der Waals surface area (Å²) in [6.45, 7) is 3.73. The molecule has 0 heterocycles. The van der Waals surface area contributed by atoms with Gasteiger partial charge in [-0.25, -0.2) is 9.37 Å². The predicted octanol–water partition coefficient (Wildman–Crippen LogP) is 0.700. The maximum atomic E-state index is 10.8. The molecule has 0 rings (SSSR count). The number of carbonyl (C=O) groups is 2. The second-order valence-corrected chi connectivity index (χ2v) is 5.14. The van der Waals surface area contributed by atoms with E-state index in [2.05, 4.69) is 4.89 Å². The van der Waals surface area contributed by atoms with Crippen LogP contribution < -0.4 is 0 Å². The predicted molar refractivity (Wildman–Crippen MR) is 47.5 cm³/mol. The van der Waals surface area contributed by atoms with Gasteiger partial charge in [0.2, 0.25) is 9.04 Å². The fourth-order valence-corrected chi connectivity index (χ4v) is 0.875. The topological polar surface area (TPSA) is 72.8 Å². The smallest absolute Gasteiger partial charge is 0.340 e. The van der Waals surface area contributed by atoms with Crippen molar-refractivity contribution in [2.45, 2.75) is 32.4 Å². The van der Waals surface area contributed by atoms with Gasteiger partial charge in [-0.15, -0.1) is 0 Å². The molecule has 0 aliphatic heterocycles. The van der Waals surface area contributed by atoms with Gasteiger partial charge < -0.3 is 9.99 Å². The molecular formula is C7H14O5Si. The van der Waals surface area contributed by atoms with Gasteiger partial charge in [0.15, 0.2) is 0 Å². The molecule has 0 fully saturated rings. The van der Waals surface area contributed by atoms with E-state index in [0.29, 0.717) is 0 Å². The molecule has 6 heteroatoms. The van der Waals surface area contributed by atoms with Gasteiger partial charge in [-0.2, -0.15) is 0 Å². The fraction of sp³-hybridized carbons (Fsp3) is 0.714. The van der Waals surface area contributed by atoms with Crippen molar-refractivity contribution in [2.75, 3.05) is 0 Å². The van der Waals surface area contributed by atoms with Crippen LogP contribution in [0.5, 0.6) is 0 Å². The standard InChI is InChI=1S/C7H14O5Si/c1-13(2)12-11-7(10)5-3-4-6(8)9/h13H,3-5H2,1-2H3,(H,8,9). The number of carboxylic acids is 1. The molecule has 0 aromatic heterocycles. The Balaban J connectivity index is 3.35. The molecule has 0 aromatic rings. The van der Waals surface area contributed by atoms with Crippen molar-refractivity contribution < 1.29 is 24.2 Å². The van der Waals surface area contributed by atoms with Gasteiger partial charge in [-0.3, -0.25) is 4.79 Å². The van der Waals surface area contributed by atoms with E-state index in [1.165, 1.54) is 0 Å². The molecule has 0 spiro atoms. The van der Waals surface area contributed by atoms with E-state index in [-0.39, 0.29) is 19.3 Å². The molecule has 0 atom stereocenters.